The van der Waals surface area contributed by atoms with Gasteiger partial charge in [0.2, 0.25) is 5.89 Å². The van der Waals surface area contributed by atoms with Crippen molar-refractivity contribution in [2.24, 2.45) is 0 Å². The molecule has 1 aromatic carbocycles. The lowest BCUT2D eigenvalue weighted by Gasteiger charge is -1.95. The fraction of sp³-hybridized carbons (Fsp3) is 0. The van der Waals surface area contributed by atoms with E-state index >= 15 is 0 Å². The first kappa shape index (κ1) is 9.01. The highest BCUT2D eigenvalue weighted by molar-refractivity contribution is 7.71. The van der Waals surface area contributed by atoms with E-state index in [1.807, 2.05) is 0 Å². The van der Waals surface area contributed by atoms with Gasteiger partial charge in [0.25, 0.3) is 4.84 Å². The second-order valence-electron chi connectivity index (χ2n) is 2.55. The van der Waals surface area contributed by atoms with E-state index in [4.69, 9.17) is 4.42 Å². The molecular weight excluding hydrogens is 210 g/mol. The topological polar surface area (TPSA) is 41.8 Å². The number of nitrogens with one attached hydrogen (secondary N) is 1. The first-order valence-corrected chi connectivity index (χ1v) is 4.08. The molecular formula is C8H4F2N2OS. The first-order chi connectivity index (χ1) is 6.66. The molecule has 0 bridgehead atoms. The second kappa shape index (κ2) is 3.30. The number of hydrogen-bond acceptors (Lipinski definition) is 3. The Bertz CT molecular complexity index is 520. The summed E-state index contributed by atoms with van der Waals surface area (Å²) in [4.78, 5) is 0.0877. The molecule has 2 rings (SSSR count). The Morgan fingerprint density at radius 3 is 2.64 bits per heavy atom. The van der Waals surface area contributed by atoms with Crippen LogP contribution in [-0.4, -0.2) is 10.2 Å². The molecule has 1 aromatic heterocycles. The maximum absolute atomic E-state index is 12.8. The summed E-state index contributed by atoms with van der Waals surface area (Å²) in [7, 11) is 0. The van der Waals surface area contributed by atoms with Crippen LogP contribution in [-0.2, 0) is 0 Å². The smallest absolute Gasteiger partial charge is 0.284 e. The summed E-state index contributed by atoms with van der Waals surface area (Å²) in [5, 5.41) is 6.05. The Morgan fingerprint density at radius 2 is 2.07 bits per heavy atom. The molecule has 0 spiro atoms. The minimum Gasteiger partial charge on any atom is -0.409 e. The molecule has 0 fully saturated rings. The number of aromatic amines is 1. The lowest BCUT2D eigenvalue weighted by atomic mass is 10.2. The summed E-state index contributed by atoms with van der Waals surface area (Å²) >= 11 is 4.64. The zero-order valence-electron chi connectivity index (χ0n) is 6.75. The van der Waals surface area contributed by atoms with Gasteiger partial charge in [0, 0.05) is 5.56 Å². The standard InChI is InChI=1S/C8H4F2N2OS/c9-5-2-1-4(3-6(5)10)7-11-12-8(14)13-7/h1-3H,(H,12,14). The zero-order valence-corrected chi connectivity index (χ0v) is 7.57. The molecule has 6 heteroatoms. The predicted octanol–water partition coefficient (Wildman–Crippen LogP) is 2.68. The van der Waals surface area contributed by atoms with Gasteiger partial charge < -0.3 is 4.42 Å². The van der Waals surface area contributed by atoms with Crippen LogP contribution in [0.5, 0.6) is 0 Å². The van der Waals surface area contributed by atoms with Gasteiger partial charge in [-0.3, -0.25) is 0 Å². The second-order valence-corrected chi connectivity index (χ2v) is 2.92. The third kappa shape index (κ3) is 1.56. The largest absolute Gasteiger partial charge is 0.409 e. The Morgan fingerprint density at radius 1 is 1.29 bits per heavy atom. The number of hydrogen-bond donors (Lipinski definition) is 1. The Labute approximate surface area is 82.4 Å². The van der Waals surface area contributed by atoms with E-state index in [9.17, 15) is 8.78 Å². The fourth-order valence-corrected chi connectivity index (χ4v) is 1.11. The molecule has 1 N–H and O–H groups in total. The lowest BCUT2D eigenvalue weighted by Crippen LogP contribution is -1.85. The normalized spacial score (nSPS) is 10.4. The molecule has 0 aliphatic carbocycles. The molecule has 72 valence electrons. The van der Waals surface area contributed by atoms with E-state index in [1.54, 1.807) is 0 Å². The summed E-state index contributed by atoms with van der Waals surface area (Å²) in [5.41, 5.74) is 0.330. The molecule has 0 saturated heterocycles. The van der Waals surface area contributed by atoms with Gasteiger partial charge in [-0.15, -0.1) is 5.10 Å². The van der Waals surface area contributed by atoms with Crippen LogP contribution in [0.15, 0.2) is 22.6 Å². The minimum atomic E-state index is -0.952. The third-order valence-electron chi connectivity index (χ3n) is 1.60. The van der Waals surface area contributed by atoms with E-state index in [2.05, 4.69) is 22.4 Å². The fourth-order valence-electron chi connectivity index (χ4n) is 0.982. The first-order valence-electron chi connectivity index (χ1n) is 3.68. The van der Waals surface area contributed by atoms with Crippen molar-refractivity contribution < 1.29 is 13.2 Å². The van der Waals surface area contributed by atoms with Crippen LogP contribution in [0, 0.1) is 16.5 Å². The van der Waals surface area contributed by atoms with Crippen LogP contribution in [0.2, 0.25) is 0 Å². The summed E-state index contributed by atoms with van der Waals surface area (Å²) in [6, 6.07) is 3.34. The highest BCUT2D eigenvalue weighted by atomic mass is 32.1. The summed E-state index contributed by atoms with van der Waals surface area (Å²) in [5.74, 6) is -1.73. The van der Waals surface area contributed by atoms with Crippen LogP contribution in [0.1, 0.15) is 0 Å². The van der Waals surface area contributed by atoms with Gasteiger partial charge in [0.05, 0.1) is 0 Å². The average Bonchev–Trinajstić information content (AvgIpc) is 2.57. The van der Waals surface area contributed by atoms with Gasteiger partial charge in [-0.05, 0) is 30.4 Å². The number of benzene rings is 1. The van der Waals surface area contributed by atoms with Crippen LogP contribution < -0.4 is 0 Å². The van der Waals surface area contributed by atoms with Gasteiger partial charge >= 0.3 is 0 Å². The summed E-state index contributed by atoms with van der Waals surface area (Å²) in [6.07, 6.45) is 0. The molecule has 0 aliphatic rings. The SMILES string of the molecule is Fc1ccc(-c2n[nH]c(=S)o2)cc1F. The molecule has 14 heavy (non-hydrogen) atoms. The Hall–Kier alpha value is -1.56. The molecule has 0 saturated carbocycles. The third-order valence-corrected chi connectivity index (χ3v) is 1.78. The monoisotopic (exact) mass is 214 g/mol. The van der Waals surface area contributed by atoms with Crippen LogP contribution in [0.25, 0.3) is 11.5 Å². The van der Waals surface area contributed by atoms with Crippen molar-refractivity contribution in [2.75, 3.05) is 0 Å². The predicted molar refractivity (Wildman–Crippen MR) is 47.0 cm³/mol. The van der Waals surface area contributed by atoms with E-state index in [-0.39, 0.29) is 10.7 Å². The maximum Gasteiger partial charge on any atom is 0.284 e. The highest BCUT2D eigenvalue weighted by Crippen LogP contribution is 2.18. The summed E-state index contributed by atoms with van der Waals surface area (Å²) in [6.45, 7) is 0. The van der Waals surface area contributed by atoms with Gasteiger partial charge in [0.1, 0.15) is 0 Å². The van der Waals surface area contributed by atoms with Crippen molar-refractivity contribution in [3.63, 3.8) is 0 Å². The zero-order chi connectivity index (χ0) is 10.1. The van der Waals surface area contributed by atoms with Crippen molar-refractivity contribution in [2.45, 2.75) is 0 Å². The van der Waals surface area contributed by atoms with Gasteiger partial charge in [0.15, 0.2) is 11.6 Å². The van der Waals surface area contributed by atoms with Gasteiger partial charge in [-0.25, -0.2) is 13.9 Å². The number of H-pyrrole nitrogens is 1. The van der Waals surface area contributed by atoms with Crippen LogP contribution >= 0.6 is 12.2 Å². The van der Waals surface area contributed by atoms with Crippen molar-refractivity contribution in [3.05, 3.63) is 34.7 Å². The van der Waals surface area contributed by atoms with Crippen LogP contribution in [0.4, 0.5) is 8.78 Å². The molecule has 0 radical (unpaired) electrons. The van der Waals surface area contributed by atoms with Crippen molar-refractivity contribution >= 4 is 12.2 Å². The van der Waals surface area contributed by atoms with Crippen molar-refractivity contribution in [3.8, 4) is 11.5 Å². The molecule has 0 unspecified atom stereocenters. The van der Waals surface area contributed by atoms with E-state index in [0.717, 1.165) is 12.1 Å². The van der Waals surface area contributed by atoms with Gasteiger partial charge in [-0.2, -0.15) is 0 Å². The number of halogens is 2. The highest BCUT2D eigenvalue weighted by Gasteiger charge is 2.07. The molecule has 3 nitrogen and oxygen atoms in total. The molecule has 0 atom stereocenters. The van der Waals surface area contributed by atoms with Gasteiger partial charge in [-0.1, -0.05) is 0 Å². The van der Waals surface area contributed by atoms with Crippen molar-refractivity contribution in [1.29, 1.82) is 0 Å². The molecule has 0 amide bonds. The summed E-state index contributed by atoms with van der Waals surface area (Å²) < 4.78 is 30.3. The Kier molecular flexibility index (Phi) is 2.12. The molecule has 1 heterocycles. The lowest BCUT2D eigenvalue weighted by molar-refractivity contribution is 0.507. The number of rotatable bonds is 1. The maximum atomic E-state index is 12.8. The number of nitrogens with zero attached hydrogens (tertiary/aromatic N) is 1. The van der Waals surface area contributed by atoms with E-state index in [0.29, 0.717) is 5.56 Å². The quantitative estimate of drug-likeness (QED) is 0.742. The Balaban J connectivity index is 2.52. The molecule has 2 aromatic rings. The van der Waals surface area contributed by atoms with E-state index in [1.165, 1.54) is 6.07 Å². The molecule has 0 aliphatic heterocycles. The van der Waals surface area contributed by atoms with Crippen molar-refractivity contribution in [1.82, 2.24) is 10.2 Å². The number of aromatic nitrogens is 2. The average molecular weight is 214 g/mol. The van der Waals surface area contributed by atoms with Crippen LogP contribution in [0.3, 0.4) is 0 Å². The van der Waals surface area contributed by atoms with E-state index < -0.39 is 11.6 Å². The minimum absolute atomic E-state index is 0.0877.